The van der Waals surface area contributed by atoms with Gasteiger partial charge in [-0.2, -0.15) is 0 Å². The van der Waals surface area contributed by atoms with Crippen LogP contribution in [0.2, 0.25) is 5.02 Å². The van der Waals surface area contributed by atoms with Crippen molar-refractivity contribution in [1.82, 2.24) is 9.97 Å². The van der Waals surface area contributed by atoms with Crippen LogP contribution in [0.4, 0.5) is 0 Å². The average molecular weight is 265 g/mol. The molecule has 94 valence electrons. The molecular formula is C13H13ClN2O2. The van der Waals surface area contributed by atoms with Crippen LogP contribution in [-0.2, 0) is 6.61 Å². The summed E-state index contributed by atoms with van der Waals surface area (Å²) >= 11 is 5.89. The van der Waals surface area contributed by atoms with Gasteiger partial charge in [-0.25, -0.2) is 9.97 Å². The van der Waals surface area contributed by atoms with Crippen LogP contribution in [0.15, 0.2) is 36.7 Å². The van der Waals surface area contributed by atoms with Gasteiger partial charge in [-0.15, -0.1) is 0 Å². The van der Waals surface area contributed by atoms with Gasteiger partial charge in [0.2, 0.25) is 0 Å². The maximum Gasteiger partial charge on any atom is 0.166 e. The van der Waals surface area contributed by atoms with Crippen molar-refractivity contribution in [2.75, 3.05) is 0 Å². The zero-order chi connectivity index (χ0) is 13.0. The summed E-state index contributed by atoms with van der Waals surface area (Å²) in [5.74, 6) is 1.17. The minimum atomic E-state index is -0.643. The number of benzene rings is 1. The zero-order valence-electron chi connectivity index (χ0n) is 9.88. The standard InChI is InChI=1S/C13H13ClN2O2/c1-9(17)11-7-10(14)3-4-12(11)18-8-13-15-5-2-6-16-13/h2-7,9,17H,8H2,1H3/t9-/m0/s1. The topological polar surface area (TPSA) is 55.2 Å². The Morgan fingerprint density at radius 2 is 2.06 bits per heavy atom. The van der Waals surface area contributed by atoms with Gasteiger partial charge in [0.25, 0.3) is 0 Å². The summed E-state index contributed by atoms with van der Waals surface area (Å²) in [6.07, 6.45) is 2.67. The molecule has 1 heterocycles. The molecule has 0 aliphatic rings. The van der Waals surface area contributed by atoms with Crippen molar-refractivity contribution < 1.29 is 9.84 Å². The molecule has 18 heavy (non-hydrogen) atoms. The first-order chi connectivity index (χ1) is 8.66. The van der Waals surface area contributed by atoms with Crippen LogP contribution in [0.25, 0.3) is 0 Å². The molecule has 1 aromatic heterocycles. The number of nitrogens with zero attached hydrogens (tertiary/aromatic N) is 2. The lowest BCUT2D eigenvalue weighted by Crippen LogP contribution is -2.03. The Kier molecular flexibility index (Phi) is 4.12. The maximum absolute atomic E-state index is 9.66. The van der Waals surface area contributed by atoms with Crippen molar-refractivity contribution in [3.05, 3.63) is 53.1 Å². The summed E-state index contributed by atoms with van der Waals surface area (Å²) in [6, 6.07) is 6.88. The molecule has 1 atom stereocenters. The first kappa shape index (κ1) is 12.8. The lowest BCUT2D eigenvalue weighted by molar-refractivity contribution is 0.189. The molecule has 0 amide bonds. The molecule has 4 nitrogen and oxygen atoms in total. The third-order valence-electron chi connectivity index (χ3n) is 2.40. The van der Waals surface area contributed by atoms with Crippen LogP contribution >= 0.6 is 11.6 Å². The third-order valence-corrected chi connectivity index (χ3v) is 2.63. The van der Waals surface area contributed by atoms with Gasteiger partial charge in [-0.3, -0.25) is 0 Å². The van der Waals surface area contributed by atoms with Gasteiger partial charge >= 0.3 is 0 Å². The summed E-state index contributed by atoms with van der Waals surface area (Å²) in [5.41, 5.74) is 0.651. The van der Waals surface area contributed by atoms with Gasteiger partial charge in [-0.1, -0.05) is 11.6 Å². The molecular weight excluding hydrogens is 252 g/mol. The van der Waals surface area contributed by atoms with Crippen LogP contribution in [0.5, 0.6) is 5.75 Å². The van der Waals surface area contributed by atoms with E-state index in [4.69, 9.17) is 16.3 Å². The van der Waals surface area contributed by atoms with Crippen LogP contribution in [0.3, 0.4) is 0 Å². The normalized spacial score (nSPS) is 12.2. The van der Waals surface area contributed by atoms with Gasteiger partial charge in [0, 0.05) is 23.0 Å². The molecule has 0 saturated heterocycles. The minimum absolute atomic E-state index is 0.252. The zero-order valence-corrected chi connectivity index (χ0v) is 10.6. The molecule has 5 heteroatoms. The Balaban J connectivity index is 2.14. The lowest BCUT2D eigenvalue weighted by atomic mass is 10.1. The molecule has 0 aliphatic heterocycles. The van der Waals surface area contributed by atoms with E-state index in [9.17, 15) is 5.11 Å². The Hall–Kier alpha value is -1.65. The summed E-state index contributed by atoms with van der Waals surface area (Å²) in [7, 11) is 0. The minimum Gasteiger partial charge on any atom is -0.485 e. The Morgan fingerprint density at radius 1 is 1.33 bits per heavy atom. The average Bonchev–Trinajstić information content (AvgIpc) is 2.38. The largest absolute Gasteiger partial charge is 0.485 e. The summed E-state index contributed by atoms with van der Waals surface area (Å²) in [5, 5.41) is 10.2. The molecule has 2 rings (SSSR count). The van der Waals surface area contributed by atoms with Gasteiger partial charge in [0.15, 0.2) is 5.82 Å². The van der Waals surface area contributed by atoms with Crippen LogP contribution < -0.4 is 4.74 Å². The number of rotatable bonds is 4. The van der Waals surface area contributed by atoms with Gasteiger partial charge in [0.1, 0.15) is 12.4 Å². The van der Waals surface area contributed by atoms with Crippen molar-refractivity contribution in [3.63, 3.8) is 0 Å². The lowest BCUT2D eigenvalue weighted by Gasteiger charge is -2.13. The number of halogens is 1. The molecule has 1 aromatic carbocycles. The van der Waals surface area contributed by atoms with E-state index in [0.29, 0.717) is 22.2 Å². The fraction of sp³-hybridized carbons (Fsp3) is 0.231. The molecule has 0 aliphatic carbocycles. The first-order valence-corrected chi connectivity index (χ1v) is 5.91. The van der Waals surface area contributed by atoms with Crippen molar-refractivity contribution in [2.45, 2.75) is 19.6 Å². The first-order valence-electron chi connectivity index (χ1n) is 5.53. The van der Waals surface area contributed by atoms with Crippen LogP contribution in [-0.4, -0.2) is 15.1 Å². The van der Waals surface area contributed by atoms with Crippen LogP contribution in [0, 0.1) is 0 Å². The van der Waals surface area contributed by atoms with Gasteiger partial charge in [0.05, 0.1) is 6.10 Å². The summed E-state index contributed by atoms with van der Waals surface area (Å²) < 4.78 is 5.60. The van der Waals surface area contributed by atoms with Gasteiger partial charge in [-0.05, 0) is 31.2 Å². The van der Waals surface area contributed by atoms with Crippen molar-refractivity contribution >= 4 is 11.6 Å². The second-order valence-corrected chi connectivity index (χ2v) is 4.25. The van der Waals surface area contributed by atoms with E-state index in [-0.39, 0.29) is 6.61 Å². The van der Waals surface area contributed by atoms with E-state index in [2.05, 4.69) is 9.97 Å². The van der Waals surface area contributed by atoms with Crippen molar-refractivity contribution in [2.24, 2.45) is 0 Å². The second kappa shape index (κ2) is 5.80. The summed E-state index contributed by atoms with van der Waals surface area (Å²) in [4.78, 5) is 8.12. The van der Waals surface area contributed by atoms with E-state index in [0.717, 1.165) is 0 Å². The predicted molar refractivity (Wildman–Crippen MR) is 68.4 cm³/mol. The number of aromatic nitrogens is 2. The Labute approximate surface area is 110 Å². The quantitative estimate of drug-likeness (QED) is 0.923. The number of aliphatic hydroxyl groups excluding tert-OH is 1. The van der Waals surface area contributed by atoms with Crippen molar-refractivity contribution in [3.8, 4) is 5.75 Å². The highest BCUT2D eigenvalue weighted by molar-refractivity contribution is 6.30. The molecule has 0 spiro atoms. The smallest absolute Gasteiger partial charge is 0.166 e. The number of ether oxygens (including phenoxy) is 1. The number of hydrogen-bond donors (Lipinski definition) is 1. The fourth-order valence-corrected chi connectivity index (χ4v) is 1.70. The highest BCUT2D eigenvalue weighted by atomic mass is 35.5. The molecule has 0 fully saturated rings. The van der Waals surface area contributed by atoms with E-state index < -0.39 is 6.10 Å². The molecule has 0 bridgehead atoms. The Bertz CT molecular complexity index is 518. The van der Waals surface area contributed by atoms with E-state index in [1.54, 1.807) is 43.6 Å². The Morgan fingerprint density at radius 3 is 2.72 bits per heavy atom. The van der Waals surface area contributed by atoms with Crippen molar-refractivity contribution in [1.29, 1.82) is 0 Å². The molecule has 0 unspecified atom stereocenters. The summed E-state index contributed by atoms with van der Waals surface area (Å²) in [6.45, 7) is 1.92. The van der Waals surface area contributed by atoms with E-state index in [1.165, 1.54) is 0 Å². The SMILES string of the molecule is C[C@H](O)c1cc(Cl)ccc1OCc1ncccn1. The van der Waals surface area contributed by atoms with Gasteiger partial charge < -0.3 is 9.84 Å². The van der Waals surface area contributed by atoms with Crippen LogP contribution in [0.1, 0.15) is 24.4 Å². The molecule has 0 saturated carbocycles. The second-order valence-electron chi connectivity index (χ2n) is 3.81. The third kappa shape index (κ3) is 3.18. The monoisotopic (exact) mass is 264 g/mol. The van der Waals surface area contributed by atoms with E-state index >= 15 is 0 Å². The highest BCUT2D eigenvalue weighted by Crippen LogP contribution is 2.28. The maximum atomic E-state index is 9.66. The molecule has 2 aromatic rings. The predicted octanol–water partition coefficient (Wildman–Crippen LogP) is 2.76. The fourth-order valence-electron chi connectivity index (χ4n) is 1.52. The molecule has 0 radical (unpaired) electrons. The number of aliphatic hydroxyl groups is 1. The van der Waals surface area contributed by atoms with E-state index in [1.807, 2.05) is 0 Å². The molecule has 1 N–H and O–H groups in total. The number of hydrogen-bond acceptors (Lipinski definition) is 4. The highest BCUT2D eigenvalue weighted by Gasteiger charge is 2.10.